The summed E-state index contributed by atoms with van der Waals surface area (Å²) in [6, 6.07) is 8.16. The van der Waals surface area contributed by atoms with Crippen LogP contribution in [0.3, 0.4) is 0 Å². The van der Waals surface area contributed by atoms with Crippen molar-refractivity contribution in [1.82, 2.24) is 14.8 Å². The summed E-state index contributed by atoms with van der Waals surface area (Å²) in [7, 11) is 0. The molecule has 9 heteroatoms. The zero-order valence-corrected chi connectivity index (χ0v) is 15.6. The molecule has 0 radical (unpaired) electrons. The summed E-state index contributed by atoms with van der Waals surface area (Å²) >= 11 is 18.8. The largest absolute Gasteiger partial charge is 0.323 e. The van der Waals surface area contributed by atoms with E-state index in [-0.39, 0.29) is 5.91 Å². The maximum absolute atomic E-state index is 12.6. The first kappa shape index (κ1) is 17.2. The molecule has 0 saturated heterocycles. The van der Waals surface area contributed by atoms with Gasteiger partial charge in [0.1, 0.15) is 6.04 Å². The molecule has 1 aromatic carbocycles. The summed E-state index contributed by atoms with van der Waals surface area (Å²) in [5.74, 6) is 0.370. The summed E-state index contributed by atoms with van der Waals surface area (Å²) < 4.78 is 2.06. The average Bonchev–Trinajstić information content (AvgIpc) is 3.18. The number of amides is 1. The fraction of sp³-hybridized carbons (Fsp3) is 0.133. The molecule has 1 atom stereocenters. The van der Waals surface area contributed by atoms with E-state index < -0.39 is 6.04 Å². The van der Waals surface area contributed by atoms with E-state index in [1.165, 1.54) is 11.3 Å². The van der Waals surface area contributed by atoms with E-state index in [1.54, 1.807) is 29.7 Å². The van der Waals surface area contributed by atoms with Gasteiger partial charge in [-0.15, -0.1) is 11.3 Å². The van der Waals surface area contributed by atoms with Crippen LogP contribution in [-0.2, 0) is 4.79 Å². The Kier molecular flexibility index (Phi) is 5.05. The van der Waals surface area contributed by atoms with Crippen molar-refractivity contribution in [3.05, 3.63) is 50.5 Å². The van der Waals surface area contributed by atoms with Crippen LogP contribution in [0, 0.1) is 4.77 Å². The Balaban J connectivity index is 1.89. The van der Waals surface area contributed by atoms with E-state index in [2.05, 4.69) is 15.5 Å². The molecule has 1 amide bonds. The van der Waals surface area contributed by atoms with Crippen LogP contribution in [0.1, 0.15) is 13.0 Å². The summed E-state index contributed by atoms with van der Waals surface area (Å²) in [5.41, 5.74) is 0.491. The van der Waals surface area contributed by atoms with Crippen LogP contribution >= 0.6 is 46.8 Å². The maximum atomic E-state index is 12.6. The molecular weight excluding hydrogens is 387 g/mol. The number of carbonyl (C=O) groups excluding carboxylic acids is 1. The molecule has 0 fully saturated rings. The van der Waals surface area contributed by atoms with Gasteiger partial charge in [-0.25, -0.2) is 0 Å². The lowest BCUT2D eigenvalue weighted by atomic mass is 10.2. The molecular formula is C15H12Cl2N4OS2. The van der Waals surface area contributed by atoms with Gasteiger partial charge in [-0.05, 0) is 48.8 Å². The van der Waals surface area contributed by atoms with Gasteiger partial charge in [0.25, 0.3) is 0 Å². The number of aromatic amines is 1. The van der Waals surface area contributed by atoms with Crippen LogP contribution in [0.2, 0.25) is 10.0 Å². The van der Waals surface area contributed by atoms with E-state index in [0.29, 0.717) is 26.3 Å². The summed E-state index contributed by atoms with van der Waals surface area (Å²) in [5, 5.41) is 12.6. The van der Waals surface area contributed by atoms with Crippen LogP contribution in [0.25, 0.3) is 10.7 Å². The van der Waals surface area contributed by atoms with Gasteiger partial charge in [-0.1, -0.05) is 29.3 Å². The lowest BCUT2D eigenvalue weighted by Gasteiger charge is -2.16. The third kappa shape index (κ3) is 3.39. The van der Waals surface area contributed by atoms with E-state index >= 15 is 0 Å². The highest BCUT2D eigenvalue weighted by Gasteiger charge is 2.22. The first-order valence-electron chi connectivity index (χ1n) is 6.94. The van der Waals surface area contributed by atoms with Crippen molar-refractivity contribution < 1.29 is 4.79 Å². The fourth-order valence-electron chi connectivity index (χ4n) is 2.19. The number of anilines is 1. The van der Waals surface area contributed by atoms with Crippen LogP contribution < -0.4 is 5.32 Å². The molecule has 0 saturated carbocycles. The Morgan fingerprint density at radius 3 is 2.88 bits per heavy atom. The van der Waals surface area contributed by atoms with Crippen molar-refractivity contribution in [3.8, 4) is 10.7 Å². The summed E-state index contributed by atoms with van der Waals surface area (Å²) in [6.07, 6.45) is 0. The number of aromatic nitrogens is 3. The highest BCUT2D eigenvalue weighted by atomic mass is 35.5. The Labute approximate surface area is 157 Å². The van der Waals surface area contributed by atoms with Gasteiger partial charge in [0.15, 0.2) is 10.6 Å². The topological polar surface area (TPSA) is 62.7 Å². The van der Waals surface area contributed by atoms with Crippen molar-refractivity contribution in [1.29, 1.82) is 0 Å². The minimum absolute atomic E-state index is 0.255. The van der Waals surface area contributed by atoms with Crippen LogP contribution in [0.15, 0.2) is 35.7 Å². The first-order valence-corrected chi connectivity index (χ1v) is 8.98. The molecule has 3 rings (SSSR count). The molecule has 0 bridgehead atoms. The lowest BCUT2D eigenvalue weighted by molar-refractivity contribution is -0.118. The van der Waals surface area contributed by atoms with Gasteiger partial charge in [-0.2, -0.15) is 5.10 Å². The minimum Gasteiger partial charge on any atom is -0.323 e. The number of hydrogen-bond donors (Lipinski definition) is 2. The monoisotopic (exact) mass is 398 g/mol. The molecule has 2 aromatic heterocycles. The zero-order valence-electron chi connectivity index (χ0n) is 12.4. The molecule has 0 aliphatic carbocycles. The predicted octanol–water partition coefficient (Wildman–Crippen LogP) is 5.18. The van der Waals surface area contributed by atoms with Crippen molar-refractivity contribution in [2.24, 2.45) is 0 Å². The van der Waals surface area contributed by atoms with Crippen LogP contribution in [0.4, 0.5) is 5.69 Å². The number of nitrogens with zero attached hydrogens (tertiary/aromatic N) is 2. The molecule has 0 unspecified atom stereocenters. The molecule has 2 heterocycles. The SMILES string of the molecule is C[C@@H](C(=O)Nc1ccc(Cl)cc1Cl)n1c(-c2cccs2)n[nH]c1=S. The van der Waals surface area contributed by atoms with Crippen molar-refractivity contribution in [2.75, 3.05) is 5.32 Å². The lowest BCUT2D eigenvalue weighted by Crippen LogP contribution is -2.24. The van der Waals surface area contributed by atoms with E-state index in [4.69, 9.17) is 35.4 Å². The van der Waals surface area contributed by atoms with Gasteiger partial charge >= 0.3 is 0 Å². The first-order chi connectivity index (χ1) is 11.5. The number of carbonyl (C=O) groups is 1. The highest BCUT2D eigenvalue weighted by Crippen LogP contribution is 2.28. The van der Waals surface area contributed by atoms with Gasteiger partial charge < -0.3 is 5.32 Å². The van der Waals surface area contributed by atoms with Crippen molar-refractivity contribution in [3.63, 3.8) is 0 Å². The summed E-state index contributed by atoms with van der Waals surface area (Å²) in [4.78, 5) is 13.5. The second kappa shape index (κ2) is 7.06. The maximum Gasteiger partial charge on any atom is 0.247 e. The Morgan fingerprint density at radius 2 is 2.21 bits per heavy atom. The average molecular weight is 399 g/mol. The highest BCUT2D eigenvalue weighted by molar-refractivity contribution is 7.71. The zero-order chi connectivity index (χ0) is 17.3. The third-order valence-corrected chi connectivity index (χ3v) is 5.10. The van der Waals surface area contributed by atoms with Gasteiger partial charge in [-0.3, -0.25) is 14.5 Å². The Bertz CT molecular complexity index is 933. The fourth-order valence-corrected chi connectivity index (χ4v) is 3.65. The van der Waals surface area contributed by atoms with Crippen molar-refractivity contribution in [2.45, 2.75) is 13.0 Å². The molecule has 0 aliphatic heterocycles. The quantitative estimate of drug-likeness (QED) is 0.595. The number of benzene rings is 1. The van der Waals surface area contributed by atoms with Gasteiger partial charge in [0.05, 0.1) is 15.6 Å². The molecule has 2 N–H and O–H groups in total. The molecule has 124 valence electrons. The molecule has 0 spiro atoms. The molecule has 24 heavy (non-hydrogen) atoms. The Morgan fingerprint density at radius 1 is 1.42 bits per heavy atom. The van der Waals surface area contributed by atoms with Gasteiger partial charge in [0.2, 0.25) is 5.91 Å². The molecule has 3 aromatic rings. The number of nitrogens with one attached hydrogen (secondary N) is 2. The van der Waals surface area contributed by atoms with E-state index in [1.807, 2.05) is 17.5 Å². The number of halogens is 2. The second-order valence-corrected chi connectivity index (χ2v) is 7.17. The van der Waals surface area contributed by atoms with Gasteiger partial charge in [0, 0.05) is 5.02 Å². The normalized spacial score (nSPS) is 12.1. The minimum atomic E-state index is -0.569. The molecule has 5 nitrogen and oxygen atoms in total. The van der Waals surface area contributed by atoms with Crippen LogP contribution in [-0.4, -0.2) is 20.7 Å². The van der Waals surface area contributed by atoms with Crippen molar-refractivity contribution >= 4 is 58.4 Å². The van der Waals surface area contributed by atoms with Crippen LogP contribution in [0.5, 0.6) is 0 Å². The third-order valence-electron chi connectivity index (χ3n) is 3.40. The number of thiophene rings is 1. The van der Waals surface area contributed by atoms with E-state index in [9.17, 15) is 4.79 Å². The number of hydrogen-bond acceptors (Lipinski definition) is 4. The number of H-pyrrole nitrogens is 1. The van der Waals surface area contributed by atoms with E-state index in [0.717, 1.165) is 4.88 Å². The second-order valence-electron chi connectivity index (χ2n) is 4.99. The predicted molar refractivity (Wildman–Crippen MR) is 101 cm³/mol. The standard InChI is InChI=1S/C15H12Cl2N4OS2/c1-8(14(22)18-11-5-4-9(16)7-10(11)17)21-13(19-20-15(21)23)12-3-2-6-24-12/h2-8H,1H3,(H,18,22)(H,20,23)/t8-/m0/s1. The Hall–Kier alpha value is -1.67. The molecule has 0 aliphatic rings. The smallest absolute Gasteiger partial charge is 0.247 e. The number of rotatable bonds is 4. The summed E-state index contributed by atoms with van der Waals surface area (Å²) in [6.45, 7) is 1.75.